The summed E-state index contributed by atoms with van der Waals surface area (Å²) in [5.41, 5.74) is 0.978. The number of carbonyl (C=O) groups is 2. The van der Waals surface area contributed by atoms with Crippen molar-refractivity contribution in [1.29, 1.82) is 0 Å². The molecule has 2 rings (SSSR count). The average Bonchev–Trinajstić information content (AvgIpc) is 2.58. The van der Waals surface area contributed by atoms with Crippen molar-refractivity contribution in [1.82, 2.24) is 4.90 Å². The molecule has 0 aliphatic carbocycles. The molecule has 0 saturated carbocycles. The van der Waals surface area contributed by atoms with Crippen LogP contribution >= 0.6 is 0 Å². The number of benzene rings is 1. The molecule has 1 aliphatic rings. The molecule has 0 fully saturated rings. The minimum absolute atomic E-state index is 0.0118. The van der Waals surface area contributed by atoms with Crippen LogP contribution in [0.5, 0.6) is 0 Å². The van der Waals surface area contributed by atoms with E-state index in [0.717, 1.165) is 0 Å². The summed E-state index contributed by atoms with van der Waals surface area (Å²) in [6, 6.07) is 5.80. The second-order valence-electron chi connectivity index (χ2n) is 5.68. The third-order valence-corrected chi connectivity index (χ3v) is 3.82. The van der Waals surface area contributed by atoms with Crippen LogP contribution in [0.4, 0.5) is 4.39 Å². The molecule has 0 amide bonds. The zero-order valence-corrected chi connectivity index (χ0v) is 14.1. The molecule has 0 unspecified atom stereocenters. The molecule has 0 radical (unpaired) electrons. The highest BCUT2D eigenvalue weighted by atomic mass is 19.1. The molecule has 6 heteroatoms. The van der Waals surface area contributed by atoms with Crippen molar-refractivity contribution in [3.63, 3.8) is 0 Å². The van der Waals surface area contributed by atoms with E-state index < -0.39 is 23.7 Å². The minimum atomic E-state index is -0.754. The minimum Gasteiger partial charge on any atom is -0.466 e. The number of carbonyl (C=O) groups excluding carboxylic acids is 2. The lowest BCUT2D eigenvalue weighted by Gasteiger charge is -2.32. The van der Waals surface area contributed by atoms with E-state index in [4.69, 9.17) is 9.47 Å². The molecule has 0 spiro atoms. The van der Waals surface area contributed by atoms with E-state index in [0.29, 0.717) is 5.56 Å². The number of rotatable bonds is 4. The van der Waals surface area contributed by atoms with Crippen LogP contribution in [0.3, 0.4) is 0 Å². The number of hydrogen-bond acceptors (Lipinski definition) is 5. The molecule has 1 heterocycles. The van der Waals surface area contributed by atoms with Gasteiger partial charge in [0.2, 0.25) is 0 Å². The third kappa shape index (κ3) is 3.48. The van der Waals surface area contributed by atoms with E-state index in [1.165, 1.54) is 32.4 Å². The van der Waals surface area contributed by atoms with Gasteiger partial charge in [0.15, 0.2) is 0 Å². The van der Waals surface area contributed by atoms with Crippen molar-refractivity contribution < 1.29 is 23.5 Å². The highest BCUT2D eigenvalue weighted by Crippen LogP contribution is 2.37. The fourth-order valence-electron chi connectivity index (χ4n) is 2.60. The van der Waals surface area contributed by atoms with E-state index in [2.05, 4.69) is 0 Å². The molecule has 0 saturated heterocycles. The number of esters is 2. The molecule has 0 aromatic heterocycles. The Morgan fingerprint density at radius 3 is 2.04 bits per heavy atom. The predicted molar refractivity (Wildman–Crippen MR) is 86.3 cm³/mol. The summed E-state index contributed by atoms with van der Waals surface area (Å²) in [7, 11) is 2.53. The number of hydrogen-bond donors (Lipinski definition) is 0. The molecule has 0 bridgehead atoms. The number of halogens is 1. The van der Waals surface area contributed by atoms with Crippen LogP contribution in [-0.2, 0) is 19.1 Å². The molecular formula is C18H20FNO4. The van der Waals surface area contributed by atoms with Gasteiger partial charge in [0.05, 0.1) is 31.3 Å². The van der Waals surface area contributed by atoms with Gasteiger partial charge in [-0.1, -0.05) is 12.1 Å². The van der Waals surface area contributed by atoms with Crippen LogP contribution in [0.15, 0.2) is 47.8 Å². The first-order valence-corrected chi connectivity index (χ1v) is 7.52. The van der Waals surface area contributed by atoms with Crippen molar-refractivity contribution in [3.8, 4) is 0 Å². The molecule has 0 atom stereocenters. The zero-order valence-electron chi connectivity index (χ0n) is 14.1. The average molecular weight is 333 g/mol. The van der Waals surface area contributed by atoms with Crippen molar-refractivity contribution in [2.75, 3.05) is 14.2 Å². The van der Waals surface area contributed by atoms with Crippen LogP contribution in [0.1, 0.15) is 25.3 Å². The Bertz CT molecular complexity index is 675. The van der Waals surface area contributed by atoms with Gasteiger partial charge in [-0.2, -0.15) is 0 Å². The van der Waals surface area contributed by atoms with Gasteiger partial charge in [0.1, 0.15) is 5.82 Å². The summed E-state index contributed by atoms with van der Waals surface area (Å²) in [6.45, 7) is 3.83. The Morgan fingerprint density at radius 1 is 1.08 bits per heavy atom. The summed E-state index contributed by atoms with van der Waals surface area (Å²) in [6.07, 6.45) is 3.25. The molecular weight excluding hydrogens is 313 g/mol. The van der Waals surface area contributed by atoms with Crippen LogP contribution in [0, 0.1) is 5.82 Å². The van der Waals surface area contributed by atoms with E-state index >= 15 is 0 Å². The normalized spacial score (nSPS) is 15.0. The Morgan fingerprint density at radius 2 is 1.62 bits per heavy atom. The summed E-state index contributed by atoms with van der Waals surface area (Å²) in [5.74, 6) is -2.36. The van der Waals surface area contributed by atoms with Crippen LogP contribution in [0.25, 0.3) is 0 Å². The summed E-state index contributed by atoms with van der Waals surface area (Å²) >= 11 is 0. The standard InChI is InChI=1S/C18H20FNO4/c1-11(2)20-9-14(17(21)23-3)16(15(10-20)18(22)24-4)12-6-5-7-13(19)8-12/h5-11,16H,1-4H3. The first kappa shape index (κ1) is 17.7. The van der Waals surface area contributed by atoms with Crippen molar-refractivity contribution in [2.24, 2.45) is 0 Å². The molecule has 1 aromatic rings. The highest BCUT2D eigenvalue weighted by molar-refractivity contribution is 5.98. The van der Waals surface area contributed by atoms with Crippen LogP contribution in [-0.4, -0.2) is 37.1 Å². The molecule has 128 valence electrons. The lowest BCUT2D eigenvalue weighted by atomic mass is 9.83. The summed E-state index contributed by atoms with van der Waals surface area (Å²) < 4.78 is 23.4. The van der Waals surface area contributed by atoms with Gasteiger partial charge in [-0.25, -0.2) is 14.0 Å². The Balaban J connectivity index is 2.63. The quantitative estimate of drug-likeness (QED) is 0.793. The smallest absolute Gasteiger partial charge is 0.336 e. The van der Waals surface area contributed by atoms with Gasteiger partial charge in [-0.15, -0.1) is 0 Å². The van der Waals surface area contributed by atoms with Gasteiger partial charge < -0.3 is 14.4 Å². The topological polar surface area (TPSA) is 55.8 Å². The second kappa shape index (κ2) is 7.29. The predicted octanol–water partition coefficient (Wildman–Crippen LogP) is 2.75. The SMILES string of the molecule is COC(=O)C1=CN(C(C)C)C=C(C(=O)OC)C1c1cccc(F)c1. The number of methoxy groups -OCH3 is 2. The lowest BCUT2D eigenvalue weighted by molar-refractivity contribution is -0.137. The maximum Gasteiger partial charge on any atom is 0.336 e. The first-order valence-electron chi connectivity index (χ1n) is 7.52. The first-order chi connectivity index (χ1) is 11.4. The van der Waals surface area contributed by atoms with E-state index in [1.54, 1.807) is 23.4 Å². The molecule has 1 aliphatic heterocycles. The fourth-order valence-corrected chi connectivity index (χ4v) is 2.60. The fraction of sp³-hybridized carbons (Fsp3) is 0.333. The Labute approximate surface area is 140 Å². The monoisotopic (exact) mass is 333 g/mol. The summed E-state index contributed by atoms with van der Waals surface area (Å²) in [4.78, 5) is 26.3. The van der Waals surface area contributed by atoms with Crippen LogP contribution < -0.4 is 0 Å². The van der Waals surface area contributed by atoms with Crippen molar-refractivity contribution in [2.45, 2.75) is 25.8 Å². The highest BCUT2D eigenvalue weighted by Gasteiger charge is 2.35. The molecule has 1 aromatic carbocycles. The van der Waals surface area contributed by atoms with Crippen molar-refractivity contribution >= 4 is 11.9 Å². The largest absolute Gasteiger partial charge is 0.466 e. The Hall–Kier alpha value is -2.63. The maximum atomic E-state index is 13.7. The summed E-state index contributed by atoms with van der Waals surface area (Å²) in [5, 5.41) is 0. The zero-order chi connectivity index (χ0) is 17.9. The van der Waals surface area contributed by atoms with Crippen molar-refractivity contribution in [3.05, 3.63) is 59.2 Å². The lowest BCUT2D eigenvalue weighted by Crippen LogP contribution is -2.31. The maximum absolute atomic E-state index is 13.7. The number of ether oxygens (including phenoxy) is 2. The van der Waals surface area contributed by atoms with Gasteiger partial charge in [-0.3, -0.25) is 0 Å². The van der Waals surface area contributed by atoms with E-state index in [1.807, 2.05) is 13.8 Å². The van der Waals surface area contributed by atoms with Gasteiger partial charge in [0, 0.05) is 18.4 Å². The number of nitrogens with zero attached hydrogens (tertiary/aromatic N) is 1. The second-order valence-corrected chi connectivity index (χ2v) is 5.68. The molecule has 5 nitrogen and oxygen atoms in total. The van der Waals surface area contributed by atoms with Gasteiger partial charge >= 0.3 is 11.9 Å². The van der Waals surface area contributed by atoms with E-state index in [9.17, 15) is 14.0 Å². The van der Waals surface area contributed by atoms with Gasteiger partial charge in [-0.05, 0) is 31.5 Å². The third-order valence-electron chi connectivity index (χ3n) is 3.82. The van der Waals surface area contributed by atoms with Crippen LogP contribution in [0.2, 0.25) is 0 Å². The van der Waals surface area contributed by atoms with Gasteiger partial charge in [0.25, 0.3) is 0 Å². The van der Waals surface area contributed by atoms with E-state index in [-0.39, 0.29) is 17.2 Å². The Kier molecular flexibility index (Phi) is 5.39. The molecule has 24 heavy (non-hydrogen) atoms. The molecule has 0 N–H and O–H groups in total.